The second-order valence-electron chi connectivity index (χ2n) is 3.85. The number of benzene rings is 2. The molecule has 0 aliphatic heterocycles. The van der Waals surface area contributed by atoms with Gasteiger partial charge in [-0.15, -0.1) is 0 Å². The summed E-state index contributed by atoms with van der Waals surface area (Å²) in [5.74, 6) is 0. The Kier molecular flexibility index (Phi) is 4.62. The van der Waals surface area contributed by atoms with E-state index in [2.05, 4.69) is 24.3 Å². The van der Waals surface area contributed by atoms with E-state index in [9.17, 15) is 4.55 Å². The zero-order valence-electron chi connectivity index (χ0n) is 9.49. The lowest BCUT2D eigenvalue weighted by Gasteiger charge is -2.17. The van der Waals surface area contributed by atoms with Crippen molar-refractivity contribution in [2.45, 2.75) is 13.1 Å². The van der Waals surface area contributed by atoms with Gasteiger partial charge in [-0.3, -0.25) is 0 Å². The molecule has 0 aromatic heterocycles. The zero-order chi connectivity index (χ0) is 11.9. The average molecular weight is 245 g/mol. The van der Waals surface area contributed by atoms with Crippen molar-refractivity contribution in [1.29, 1.82) is 0 Å². The molecule has 0 unspecified atom stereocenters. The van der Waals surface area contributed by atoms with Crippen molar-refractivity contribution in [3.05, 3.63) is 71.8 Å². The number of rotatable bonds is 5. The van der Waals surface area contributed by atoms with Gasteiger partial charge < -0.3 is 4.55 Å². The predicted octanol–water partition coefficient (Wildman–Crippen LogP) is 3.81. The highest BCUT2D eigenvalue weighted by molar-refractivity contribution is 7.91. The van der Waals surface area contributed by atoms with E-state index in [1.54, 1.807) is 0 Å². The molecule has 2 aromatic carbocycles. The summed E-state index contributed by atoms with van der Waals surface area (Å²) in [6.45, 7) is 1.47. The van der Waals surface area contributed by atoms with E-state index in [0.717, 1.165) is 25.3 Å². The minimum absolute atomic E-state index is 0.733. The molecule has 0 saturated heterocycles. The van der Waals surface area contributed by atoms with Crippen LogP contribution < -0.4 is 0 Å². The van der Waals surface area contributed by atoms with Gasteiger partial charge >= 0.3 is 0 Å². The van der Waals surface area contributed by atoms with Crippen molar-refractivity contribution < 1.29 is 4.55 Å². The summed E-state index contributed by atoms with van der Waals surface area (Å²) in [4.78, 5) is 0. The Labute approximate surface area is 106 Å². The molecule has 0 amide bonds. The van der Waals surface area contributed by atoms with Crippen LogP contribution in [0.4, 0.5) is 0 Å². The summed E-state index contributed by atoms with van der Waals surface area (Å²) in [6.07, 6.45) is 0. The van der Waals surface area contributed by atoms with Crippen LogP contribution >= 0.6 is 12.2 Å². The first-order valence-corrected chi connectivity index (χ1v) is 6.26. The molecule has 0 radical (unpaired) electrons. The van der Waals surface area contributed by atoms with Crippen molar-refractivity contribution in [2.75, 3.05) is 0 Å². The van der Waals surface area contributed by atoms with Crippen LogP contribution in [0.1, 0.15) is 11.1 Å². The van der Waals surface area contributed by atoms with Crippen molar-refractivity contribution in [2.24, 2.45) is 0 Å². The lowest BCUT2D eigenvalue weighted by atomic mass is 10.2. The fourth-order valence-corrected chi connectivity index (χ4v) is 2.10. The highest BCUT2D eigenvalue weighted by atomic mass is 32.2. The Morgan fingerprint density at radius 1 is 0.765 bits per heavy atom. The Bertz CT molecular complexity index is 391. The fraction of sp³-hybridized carbons (Fsp3) is 0.143. The van der Waals surface area contributed by atoms with Crippen LogP contribution in [-0.4, -0.2) is 8.86 Å². The Balaban J connectivity index is 1.98. The minimum atomic E-state index is 0.733. The van der Waals surface area contributed by atoms with Gasteiger partial charge in [-0.2, -0.15) is 0 Å². The molecule has 0 saturated carbocycles. The van der Waals surface area contributed by atoms with E-state index in [4.69, 9.17) is 0 Å². The van der Waals surface area contributed by atoms with Crippen LogP contribution in [0.3, 0.4) is 0 Å². The molecule has 88 valence electrons. The molecule has 1 N–H and O–H groups in total. The molecular formula is C14H15NOS. The third kappa shape index (κ3) is 3.89. The quantitative estimate of drug-likeness (QED) is 0.640. The third-order valence-electron chi connectivity index (χ3n) is 2.52. The van der Waals surface area contributed by atoms with Crippen LogP contribution in [-0.2, 0) is 13.1 Å². The number of hydrogen-bond acceptors (Lipinski definition) is 3. The van der Waals surface area contributed by atoms with Crippen LogP contribution in [0.5, 0.6) is 0 Å². The summed E-state index contributed by atoms with van der Waals surface area (Å²) in [7, 11) is 0. The van der Waals surface area contributed by atoms with Crippen molar-refractivity contribution in [3.8, 4) is 0 Å². The van der Waals surface area contributed by atoms with Crippen LogP contribution in [0.2, 0.25) is 0 Å². The molecule has 0 aliphatic rings. The first-order chi connectivity index (χ1) is 8.38. The van der Waals surface area contributed by atoms with Gasteiger partial charge in [0, 0.05) is 13.1 Å². The summed E-state index contributed by atoms with van der Waals surface area (Å²) < 4.78 is 11.2. The molecule has 2 rings (SSSR count). The normalized spacial score (nSPS) is 10.7. The van der Waals surface area contributed by atoms with Gasteiger partial charge in [-0.05, 0) is 11.1 Å². The third-order valence-corrected chi connectivity index (χ3v) is 3.01. The predicted molar refractivity (Wildman–Crippen MR) is 72.4 cm³/mol. The second kappa shape index (κ2) is 6.45. The van der Waals surface area contributed by atoms with Gasteiger partial charge in [-0.25, -0.2) is 4.31 Å². The van der Waals surface area contributed by atoms with E-state index >= 15 is 0 Å². The zero-order valence-corrected chi connectivity index (χ0v) is 10.3. The molecule has 2 nitrogen and oxygen atoms in total. The monoisotopic (exact) mass is 245 g/mol. The van der Waals surface area contributed by atoms with E-state index in [-0.39, 0.29) is 0 Å². The molecular weight excluding hydrogens is 230 g/mol. The SMILES string of the molecule is OSN(Cc1ccccc1)Cc1ccccc1. The van der Waals surface area contributed by atoms with Gasteiger partial charge in [0.2, 0.25) is 0 Å². The van der Waals surface area contributed by atoms with Gasteiger partial charge in [0.05, 0.1) is 12.2 Å². The standard InChI is InChI=1S/C14H15NOS/c16-17-15(11-13-7-3-1-4-8-13)12-14-9-5-2-6-10-14/h1-10,16H,11-12H2. The number of nitrogens with zero attached hydrogens (tertiary/aromatic N) is 1. The molecule has 0 spiro atoms. The van der Waals surface area contributed by atoms with Crippen molar-refractivity contribution in [3.63, 3.8) is 0 Å². The molecule has 0 bridgehead atoms. The van der Waals surface area contributed by atoms with Crippen LogP contribution in [0, 0.1) is 0 Å². The maximum atomic E-state index is 9.29. The second-order valence-corrected chi connectivity index (χ2v) is 4.53. The molecule has 0 fully saturated rings. The molecule has 17 heavy (non-hydrogen) atoms. The van der Waals surface area contributed by atoms with Gasteiger partial charge in [0.25, 0.3) is 0 Å². The van der Waals surface area contributed by atoms with E-state index in [0.29, 0.717) is 0 Å². The highest BCUT2D eigenvalue weighted by Crippen LogP contribution is 2.16. The fourth-order valence-electron chi connectivity index (χ4n) is 1.69. The van der Waals surface area contributed by atoms with Gasteiger partial charge in [0.1, 0.15) is 0 Å². The number of hydrogen-bond donors (Lipinski definition) is 1. The molecule has 2 aromatic rings. The smallest absolute Gasteiger partial charge is 0.0796 e. The summed E-state index contributed by atoms with van der Waals surface area (Å²) in [5, 5.41) is 0. The molecule has 0 aliphatic carbocycles. The van der Waals surface area contributed by atoms with Crippen LogP contribution in [0.15, 0.2) is 60.7 Å². The van der Waals surface area contributed by atoms with Gasteiger partial charge in [-0.1, -0.05) is 60.7 Å². The van der Waals surface area contributed by atoms with E-state index in [1.807, 2.05) is 40.7 Å². The lowest BCUT2D eigenvalue weighted by molar-refractivity contribution is 0.428. The molecule has 0 heterocycles. The van der Waals surface area contributed by atoms with E-state index < -0.39 is 0 Å². The van der Waals surface area contributed by atoms with Crippen molar-refractivity contribution >= 4 is 12.2 Å². The summed E-state index contributed by atoms with van der Waals surface area (Å²) in [5.41, 5.74) is 2.40. The maximum Gasteiger partial charge on any atom is 0.0796 e. The topological polar surface area (TPSA) is 23.5 Å². The summed E-state index contributed by atoms with van der Waals surface area (Å²) >= 11 is 0.793. The molecule has 3 heteroatoms. The van der Waals surface area contributed by atoms with Gasteiger partial charge in [0.15, 0.2) is 0 Å². The maximum absolute atomic E-state index is 9.29. The Hall–Kier alpha value is -1.29. The molecule has 0 atom stereocenters. The average Bonchev–Trinajstić information content (AvgIpc) is 2.40. The van der Waals surface area contributed by atoms with Crippen molar-refractivity contribution in [1.82, 2.24) is 4.31 Å². The highest BCUT2D eigenvalue weighted by Gasteiger charge is 2.06. The first-order valence-electron chi connectivity index (χ1n) is 5.53. The first kappa shape index (κ1) is 12.2. The Morgan fingerprint density at radius 3 is 1.53 bits per heavy atom. The largest absolute Gasteiger partial charge is 0.317 e. The summed E-state index contributed by atoms with van der Waals surface area (Å²) in [6, 6.07) is 20.3. The lowest BCUT2D eigenvalue weighted by Crippen LogP contribution is -2.14. The minimum Gasteiger partial charge on any atom is -0.317 e. The van der Waals surface area contributed by atoms with E-state index in [1.165, 1.54) is 11.1 Å². The Morgan fingerprint density at radius 2 is 1.18 bits per heavy atom. The van der Waals surface area contributed by atoms with Crippen LogP contribution in [0.25, 0.3) is 0 Å².